The van der Waals surface area contributed by atoms with Crippen molar-refractivity contribution in [3.05, 3.63) is 41.7 Å². The van der Waals surface area contributed by atoms with E-state index in [-0.39, 0.29) is 12.4 Å². The zero-order valence-corrected chi connectivity index (χ0v) is 11.2. The van der Waals surface area contributed by atoms with Crippen LogP contribution in [0.5, 0.6) is 0 Å². The summed E-state index contributed by atoms with van der Waals surface area (Å²) in [4.78, 5) is 13.1. The molecule has 1 N–H and O–H groups in total. The van der Waals surface area contributed by atoms with E-state index in [1.807, 2.05) is 17.1 Å². The predicted octanol–water partition coefficient (Wildman–Crippen LogP) is 1.87. The van der Waals surface area contributed by atoms with Crippen molar-refractivity contribution >= 4 is 12.0 Å². The highest BCUT2D eigenvalue weighted by Crippen LogP contribution is 2.09. The Morgan fingerprint density at radius 2 is 2.20 bits per heavy atom. The van der Waals surface area contributed by atoms with E-state index in [9.17, 15) is 9.18 Å². The highest BCUT2D eigenvalue weighted by Gasteiger charge is 2.23. The maximum absolute atomic E-state index is 12.8. The van der Waals surface area contributed by atoms with Gasteiger partial charge < -0.3 is 9.84 Å². The highest BCUT2D eigenvalue weighted by atomic mass is 19.1. The van der Waals surface area contributed by atoms with E-state index in [1.54, 1.807) is 12.1 Å². The molecule has 0 aromatic heterocycles. The largest absolute Gasteiger partial charge is 0.481 e. The van der Waals surface area contributed by atoms with Gasteiger partial charge in [0.15, 0.2) is 0 Å². The fourth-order valence-electron chi connectivity index (χ4n) is 2.10. The lowest BCUT2D eigenvalue weighted by molar-refractivity contribution is -0.143. The minimum atomic E-state index is -0.820. The second-order valence-corrected chi connectivity index (χ2v) is 4.82. The number of carboxylic acids is 1. The Hall–Kier alpha value is -1.72. The quantitative estimate of drug-likeness (QED) is 0.914. The molecule has 0 saturated carbocycles. The first-order chi connectivity index (χ1) is 9.65. The van der Waals surface area contributed by atoms with Gasteiger partial charge in [-0.3, -0.25) is 9.69 Å². The van der Waals surface area contributed by atoms with E-state index in [4.69, 9.17) is 9.84 Å². The fraction of sp³-hybridized carbons (Fsp3) is 0.400. The second kappa shape index (κ2) is 7.17. The minimum Gasteiger partial charge on any atom is -0.481 e. The zero-order chi connectivity index (χ0) is 14.4. The molecule has 1 aliphatic rings. The number of nitrogens with zero attached hydrogens (tertiary/aromatic N) is 1. The number of carboxylic acid groups (broad SMARTS) is 1. The van der Waals surface area contributed by atoms with Crippen molar-refractivity contribution < 1.29 is 19.0 Å². The van der Waals surface area contributed by atoms with Crippen molar-refractivity contribution in [3.63, 3.8) is 0 Å². The van der Waals surface area contributed by atoms with Gasteiger partial charge in [0.05, 0.1) is 19.1 Å². The Bertz CT molecular complexity index is 473. The second-order valence-electron chi connectivity index (χ2n) is 4.82. The summed E-state index contributed by atoms with van der Waals surface area (Å²) in [6.07, 6.45) is 3.86. The van der Waals surface area contributed by atoms with Crippen LogP contribution in [0.1, 0.15) is 5.56 Å². The van der Waals surface area contributed by atoms with Crippen LogP contribution in [0.3, 0.4) is 0 Å². The summed E-state index contributed by atoms with van der Waals surface area (Å²) in [5.74, 6) is -1.55. The lowest BCUT2D eigenvalue weighted by Crippen LogP contribution is -2.33. The number of ether oxygens (including phenoxy) is 1. The third-order valence-electron chi connectivity index (χ3n) is 3.24. The number of hydrogen-bond acceptors (Lipinski definition) is 3. The summed E-state index contributed by atoms with van der Waals surface area (Å²) in [6.45, 7) is 2.69. The summed E-state index contributed by atoms with van der Waals surface area (Å²) >= 11 is 0. The van der Waals surface area contributed by atoms with Crippen LogP contribution in [0.4, 0.5) is 4.39 Å². The van der Waals surface area contributed by atoms with Crippen LogP contribution in [0.15, 0.2) is 30.3 Å². The first kappa shape index (κ1) is 14.7. The van der Waals surface area contributed by atoms with E-state index in [2.05, 4.69) is 0 Å². The molecule has 1 aromatic rings. The average Bonchev–Trinajstić information content (AvgIpc) is 2.67. The normalized spacial score (nSPS) is 20.9. The Morgan fingerprint density at radius 3 is 2.90 bits per heavy atom. The highest BCUT2D eigenvalue weighted by molar-refractivity contribution is 5.70. The van der Waals surface area contributed by atoms with Crippen LogP contribution in [0.25, 0.3) is 6.08 Å². The molecule has 1 atom stereocenters. The fourth-order valence-corrected chi connectivity index (χ4v) is 2.10. The number of hydrogen-bond donors (Lipinski definition) is 1. The van der Waals surface area contributed by atoms with E-state index in [0.717, 1.165) is 12.1 Å². The first-order valence-corrected chi connectivity index (χ1v) is 6.60. The van der Waals surface area contributed by atoms with Crippen LogP contribution in [0, 0.1) is 11.7 Å². The molecule has 1 aromatic carbocycles. The van der Waals surface area contributed by atoms with Gasteiger partial charge in [0.2, 0.25) is 0 Å². The lowest BCUT2D eigenvalue weighted by Gasteiger charge is -2.19. The molecule has 1 heterocycles. The average molecular weight is 279 g/mol. The Morgan fingerprint density at radius 1 is 1.45 bits per heavy atom. The number of carbonyl (C=O) groups is 1. The van der Waals surface area contributed by atoms with Gasteiger partial charge in [-0.1, -0.05) is 24.3 Å². The molecule has 20 heavy (non-hydrogen) atoms. The van der Waals surface area contributed by atoms with Gasteiger partial charge in [0.25, 0.3) is 0 Å². The number of aliphatic carboxylic acids is 1. The molecule has 1 unspecified atom stereocenters. The van der Waals surface area contributed by atoms with Gasteiger partial charge in [-0.25, -0.2) is 4.39 Å². The number of halogens is 1. The molecule has 2 rings (SSSR count). The van der Waals surface area contributed by atoms with E-state index < -0.39 is 11.9 Å². The van der Waals surface area contributed by atoms with E-state index >= 15 is 0 Å². The zero-order valence-electron chi connectivity index (χ0n) is 11.2. The van der Waals surface area contributed by atoms with Crippen molar-refractivity contribution in [2.75, 3.05) is 32.8 Å². The first-order valence-electron chi connectivity index (χ1n) is 6.60. The van der Waals surface area contributed by atoms with Crippen LogP contribution in [-0.4, -0.2) is 48.8 Å². The van der Waals surface area contributed by atoms with Crippen molar-refractivity contribution in [1.82, 2.24) is 4.90 Å². The van der Waals surface area contributed by atoms with Crippen molar-refractivity contribution in [1.29, 1.82) is 0 Å². The van der Waals surface area contributed by atoms with Crippen molar-refractivity contribution in [3.8, 4) is 0 Å². The van der Waals surface area contributed by atoms with Crippen molar-refractivity contribution in [2.45, 2.75) is 0 Å². The summed E-state index contributed by atoms with van der Waals surface area (Å²) in [6, 6.07) is 6.24. The van der Waals surface area contributed by atoms with Crippen LogP contribution in [0.2, 0.25) is 0 Å². The van der Waals surface area contributed by atoms with Crippen molar-refractivity contribution in [2.24, 2.45) is 5.92 Å². The molecule has 0 aliphatic carbocycles. The van der Waals surface area contributed by atoms with Gasteiger partial charge in [0.1, 0.15) is 5.82 Å². The standard InChI is InChI=1S/C15H18FNO3/c16-14-5-3-12(4-6-14)2-1-7-17-8-9-20-11-13(10-17)15(18)19/h1-6,13H,7-11H2,(H,18,19). The molecular weight excluding hydrogens is 261 g/mol. The third kappa shape index (κ3) is 4.43. The van der Waals surface area contributed by atoms with E-state index in [1.165, 1.54) is 12.1 Å². The summed E-state index contributed by atoms with van der Waals surface area (Å²) in [5, 5.41) is 9.05. The molecule has 0 spiro atoms. The Balaban J connectivity index is 1.88. The topological polar surface area (TPSA) is 49.8 Å². The molecule has 4 nitrogen and oxygen atoms in total. The smallest absolute Gasteiger partial charge is 0.310 e. The third-order valence-corrected chi connectivity index (χ3v) is 3.24. The molecule has 1 aliphatic heterocycles. The van der Waals surface area contributed by atoms with Gasteiger partial charge in [-0.05, 0) is 17.7 Å². The molecule has 108 valence electrons. The Kier molecular flexibility index (Phi) is 5.26. The maximum Gasteiger partial charge on any atom is 0.310 e. The monoisotopic (exact) mass is 279 g/mol. The molecule has 1 saturated heterocycles. The molecule has 1 fully saturated rings. The number of benzene rings is 1. The molecular formula is C15H18FNO3. The van der Waals surface area contributed by atoms with Gasteiger partial charge in [-0.2, -0.15) is 0 Å². The molecule has 0 amide bonds. The summed E-state index contributed by atoms with van der Waals surface area (Å²) in [7, 11) is 0. The van der Waals surface area contributed by atoms with Gasteiger partial charge >= 0.3 is 5.97 Å². The maximum atomic E-state index is 12.8. The van der Waals surface area contributed by atoms with E-state index in [0.29, 0.717) is 19.7 Å². The SMILES string of the molecule is O=C(O)C1COCCN(CC=Cc2ccc(F)cc2)C1. The minimum absolute atomic E-state index is 0.254. The van der Waals surface area contributed by atoms with Crippen LogP contribution in [-0.2, 0) is 9.53 Å². The van der Waals surface area contributed by atoms with Gasteiger partial charge in [-0.15, -0.1) is 0 Å². The van der Waals surface area contributed by atoms with Crippen LogP contribution >= 0.6 is 0 Å². The molecule has 0 bridgehead atoms. The number of rotatable bonds is 4. The molecule has 0 radical (unpaired) electrons. The predicted molar refractivity (Wildman–Crippen MR) is 73.8 cm³/mol. The summed E-state index contributed by atoms with van der Waals surface area (Å²) < 4.78 is 18.0. The Labute approximate surface area is 117 Å². The van der Waals surface area contributed by atoms with Gasteiger partial charge in [0, 0.05) is 19.6 Å². The van der Waals surface area contributed by atoms with Crippen LogP contribution < -0.4 is 0 Å². The molecule has 5 heteroatoms. The lowest BCUT2D eigenvalue weighted by atomic mass is 10.1. The summed E-state index contributed by atoms with van der Waals surface area (Å²) in [5.41, 5.74) is 0.923.